The highest BCUT2D eigenvalue weighted by Gasteiger charge is 2.09. The smallest absolute Gasteiger partial charge is 0.143 e. The first-order valence-electron chi connectivity index (χ1n) is 4.92. The summed E-state index contributed by atoms with van der Waals surface area (Å²) in [6.07, 6.45) is -0.439. The summed E-state index contributed by atoms with van der Waals surface area (Å²) in [7, 11) is 3.11. The molecule has 0 aliphatic heterocycles. The summed E-state index contributed by atoms with van der Waals surface area (Å²) >= 11 is 5.96. The van der Waals surface area contributed by atoms with Crippen LogP contribution in [0.15, 0.2) is 12.1 Å². The maximum absolute atomic E-state index is 9.20. The third kappa shape index (κ3) is 3.18. The van der Waals surface area contributed by atoms with Gasteiger partial charge in [-0.05, 0) is 6.92 Å². The molecule has 0 heterocycles. The lowest BCUT2D eigenvalue weighted by atomic mass is 10.2. The molecule has 1 aromatic rings. The van der Waals surface area contributed by atoms with E-state index < -0.39 is 6.10 Å². The molecule has 0 radical (unpaired) electrons. The van der Waals surface area contributed by atoms with Gasteiger partial charge in [-0.15, -0.1) is 0 Å². The van der Waals surface area contributed by atoms with Crippen LogP contribution in [0.5, 0.6) is 11.5 Å². The van der Waals surface area contributed by atoms with Gasteiger partial charge in [0.25, 0.3) is 0 Å². The zero-order valence-electron chi connectivity index (χ0n) is 9.58. The van der Waals surface area contributed by atoms with Crippen molar-refractivity contribution in [3.8, 4) is 11.5 Å². The summed E-state index contributed by atoms with van der Waals surface area (Å²) in [6, 6.07) is 3.41. The Labute approximate surface area is 100 Å². The van der Waals surface area contributed by atoms with Gasteiger partial charge in [0.15, 0.2) is 0 Å². The van der Waals surface area contributed by atoms with E-state index in [2.05, 4.69) is 5.32 Å². The third-order valence-electron chi connectivity index (χ3n) is 2.06. The van der Waals surface area contributed by atoms with Crippen LogP contribution in [-0.2, 0) is 0 Å². The van der Waals surface area contributed by atoms with E-state index in [1.54, 1.807) is 33.3 Å². The van der Waals surface area contributed by atoms with E-state index in [1.165, 1.54) is 0 Å². The second kappa shape index (κ2) is 5.82. The van der Waals surface area contributed by atoms with Crippen LogP contribution in [-0.4, -0.2) is 32.0 Å². The number of ether oxygens (including phenoxy) is 2. The lowest BCUT2D eigenvalue weighted by Crippen LogP contribution is -2.15. The van der Waals surface area contributed by atoms with E-state index >= 15 is 0 Å². The van der Waals surface area contributed by atoms with Gasteiger partial charge in [-0.2, -0.15) is 0 Å². The first kappa shape index (κ1) is 12.9. The van der Waals surface area contributed by atoms with Crippen LogP contribution in [0.3, 0.4) is 0 Å². The number of hydrogen-bond donors (Lipinski definition) is 2. The SMILES string of the molecule is COc1cc(NCC(C)O)c(OC)cc1Cl. The van der Waals surface area contributed by atoms with E-state index in [0.717, 1.165) is 5.69 Å². The number of methoxy groups -OCH3 is 2. The minimum Gasteiger partial charge on any atom is -0.495 e. The zero-order chi connectivity index (χ0) is 12.1. The van der Waals surface area contributed by atoms with E-state index in [-0.39, 0.29) is 0 Å². The van der Waals surface area contributed by atoms with Crippen molar-refractivity contribution in [2.45, 2.75) is 13.0 Å². The van der Waals surface area contributed by atoms with Crippen LogP contribution in [0.1, 0.15) is 6.92 Å². The van der Waals surface area contributed by atoms with Crippen LogP contribution in [0.25, 0.3) is 0 Å². The number of anilines is 1. The summed E-state index contributed by atoms with van der Waals surface area (Å²) in [5.74, 6) is 1.18. The third-order valence-corrected chi connectivity index (χ3v) is 2.36. The second-order valence-electron chi connectivity index (χ2n) is 3.42. The fourth-order valence-corrected chi connectivity index (χ4v) is 1.49. The van der Waals surface area contributed by atoms with Crippen LogP contribution in [0.4, 0.5) is 5.69 Å². The lowest BCUT2D eigenvalue weighted by Gasteiger charge is -2.14. The average molecular weight is 246 g/mol. The summed E-state index contributed by atoms with van der Waals surface area (Å²) in [4.78, 5) is 0. The number of aliphatic hydroxyl groups is 1. The molecule has 2 N–H and O–H groups in total. The van der Waals surface area contributed by atoms with Gasteiger partial charge in [0.2, 0.25) is 0 Å². The number of halogens is 1. The van der Waals surface area contributed by atoms with Crippen molar-refractivity contribution in [2.75, 3.05) is 26.1 Å². The Bertz CT molecular complexity index is 355. The summed E-state index contributed by atoms with van der Waals surface area (Å²) < 4.78 is 10.3. The molecule has 4 nitrogen and oxygen atoms in total. The minimum atomic E-state index is -0.439. The van der Waals surface area contributed by atoms with Gasteiger partial charge in [-0.25, -0.2) is 0 Å². The molecule has 1 aromatic carbocycles. The summed E-state index contributed by atoms with van der Waals surface area (Å²) in [5.41, 5.74) is 0.740. The Morgan fingerprint density at radius 3 is 2.44 bits per heavy atom. The van der Waals surface area contributed by atoms with E-state index in [4.69, 9.17) is 21.1 Å². The Balaban J connectivity index is 2.95. The summed E-state index contributed by atoms with van der Waals surface area (Å²) in [5, 5.41) is 12.7. The first-order valence-corrected chi connectivity index (χ1v) is 5.29. The molecule has 90 valence electrons. The molecule has 1 rings (SSSR count). The fourth-order valence-electron chi connectivity index (χ4n) is 1.26. The Hall–Kier alpha value is -1.13. The molecule has 1 unspecified atom stereocenters. The minimum absolute atomic E-state index is 0.432. The number of aliphatic hydroxyl groups excluding tert-OH is 1. The molecule has 0 amide bonds. The van der Waals surface area contributed by atoms with Gasteiger partial charge in [0.1, 0.15) is 11.5 Å². The molecule has 0 aliphatic rings. The molecule has 0 saturated carbocycles. The molecular formula is C11H16ClNO3. The predicted octanol–water partition coefficient (Wildman–Crippen LogP) is 2.15. The maximum atomic E-state index is 9.20. The van der Waals surface area contributed by atoms with E-state index in [0.29, 0.717) is 23.1 Å². The van der Waals surface area contributed by atoms with Gasteiger partial charge in [-0.1, -0.05) is 11.6 Å². The monoisotopic (exact) mass is 245 g/mol. The molecular weight excluding hydrogens is 230 g/mol. The van der Waals surface area contributed by atoms with Gasteiger partial charge >= 0.3 is 0 Å². The molecule has 1 atom stereocenters. The quantitative estimate of drug-likeness (QED) is 0.835. The van der Waals surface area contributed by atoms with Crippen molar-refractivity contribution < 1.29 is 14.6 Å². The van der Waals surface area contributed by atoms with Gasteiger partial charge in [0, 0.05) is 18.7 Å². The molecule has 0 bridgehead atoms. The molecule has 0 fully saturated rings. The Morgan fingerprint density at radius 1 is 1.31 bits per heavy atom. The van der Waals surface area contributed by atoms with Gasteiger partial charge < -0.3 is 19.9 Å². The van der Waals surface area contributed by atoms with Crippen LogP contribution in [0, 0.1) is 0 Å². The maximum Gasteiger partial charge on any atom is 0.143 e. The summed E-state index contributed by atoms with van der Waals surface area (Å²) in [6.45, 7) is 2.13. The average Bonchev–Trinajstić information content (AvgIpc) is 2.26. The number of hydrogen-bond acceptors (Lipinski definition) is 4. The highest BCUT2D eigenvalue weighted by molar-refractivity contribution is 6.32. The molecule has 0 aromatic heterocycles. The van der Waals surface area contributed by atoms with Crippen LogP contribution in [0.2, 0.25) is 5.02 Å². The topological polar surface area (TPSA) is 50.7 Å². The van der Waals surface area contributed by atoms with Gasteiger partial charge in [-0.3, -0.25) is 0 Å². The van der Waals surface area contributed by atoms with Crippen molar-refractivity contribution in [3.63, 3.8) is 0 Å². The van der Waals surface area contributed by atoms with Crippen molar-refractivity contribution in [1.29, 1.82) is 0 Å². The van der Waals surface area contributed by atoms with Crippen molar-refractivity contribution >= 4 is 17.3 Å². The van der Waals surface area contributed by atoms with Crippen molar-refractivity contribution in [1.82, 2.24) is 0 Å². The predicted molar refractivity (Wildman–Crippen MR) is 64.7 cm³/mol. The molecule has 5 heteroatoms. The Morgan fingerprint density at radius 2 is 1.94 bits per heavy atom. The molecule has 16 heavy (non-hydrogen) atoms. The largest absolute Gasteiger partial charge is 0.495 e. The number of nitrogens with one attached hydrogen (secondary N) is 1. The van der Waals surface area contributed by atoms with E-state index in [1.807, 2.05) is 0 Å². The van der Waals surface area contributed by atoms with Crippen LogP contribution >= 0.6 is 11.6 Å². The normalized spacial score (nSPS) is 12.1. The fraction of sp³-hybridized carbons (Fsp3) is 0.455. The standard InChI is InChI=1S/C11H16ClNO3/c1-7(14)6-13-9-5-10(15-2)8(12)4-11(9)16-3/h4-5,7,13-14H,6H2,1-3H3. The van der Waals surface area contributed by atoms with Crippen LogP contribution < -0.4 is 14.8 Å². The highest BCUT2D eigenvalue weighted by atomic mass is 35.5. The molecule has 0 spiro atoms. The molecule has 0 aliphatic carbocycles. The number of rotatable bonds is 5. The molecule has 0 saturated heterocycles. The zero-order valence-corrected chi connectivity index (χ0v) is 10.3. The lowest BCUT2D eigenvalue weighted by molar-refractivity contribution is 0.208. The van der Waals surface area contributed by atoms with E-state index in [9.17, 15) is 5.11 Å². The first-order chi connectivity index (χ1) is 7.58. The number of benzene rings is 1. The van der Waals surface area contributed by atoms with Crippen molar-refractivity contribution in [3.05, 3.63) is 17.2 Å². The van der Waals surface area contributed by atoms with Gasteiger partial charge in [0.05, 0.1) is 31.0 Å². The van der Waals surface area contributed by atoms with Crippen molar-refractivity contribution in [2.24, 2.45) is 0 Å². The Kier molecular flexibility index (Phi) is 4.71. The highest BCUT2D eigenvalue weighted by Crippen LogP contribution is 2.35. The second-order valence-corrected chi connectivity index (χ2v) is 3.82.